The fourth-order valence-corrected chi connectivity index (χ4v) is 7.09. The SMILES string of the molecule is CCCCCCCCCCCCCO[PH](O)(OP(O)O)c1cc(C)ccc1C(C)(C)C. The Morgan fingerprint density at radius 3 is 1.87 bits per heavy atom. The predicted octanol–water partition coefficient (Wildman–Crippen LogP) is 6.96. The summed E-state index contributed by atoms with van der Waals surface area (Å²) in [6.45, 7) is 10.7. The van der Waals surface area contributed by atoms with E-state index >= 15 is 0 Å². The molecule has 31 heavy (non-hydrogen) atoms. The molecule has 0 saturated heterocycles. The number of unbranched alkanes of at least 4 members (excludes halogenated alkanes) is 10. The van der Waals surface area contributed by atoms with Gasteiger partial charge in [-0.1, -0.05) is 13.3 Å². The topological polar surface area (TPSA) is 79.2 Å². The Labute approximate surface area is 192 Å². The molecule has 0 radical (unpaired) electrons. The fraction of sp³-hybridized carbons (Fsp3) is 0.750. The zero-order valence-electron chi connectivity index (χ0n) is 20.3. The van der Waals surface area contributed by atoms with Gasteiger partial charge in [-0.15, -0.1) is 0 Å². The summed E-state index contributed by atoms with van der Waals surface area (Å²) in [6.07, 6.45) is 13.6. The van der Waals surface area contributed by atoms with Gasteiger partial charge < -0.3 is 0 Å². The summed E-state index contributed by atoms with van der Waals surface area (Å²) < 4.78 is 11.1. The van der Waals surface area contributed by atoms with Crippen LogP contribution in [0.3, 0.4) is 0 Å². The molecule has 1 aromatic carbocycles. The van der Waals surface area contributed by atoms with E-state index in [-0.39, 0.29) is 5.41 Å². The number of hydrogen-bond acceptors (Lipinski definition) is 5. The van der Waals surface area contributed by atoms with Crippen molar-refractivity contribution >= 4 is 21.9 Å². The van der Waals surface area contributed by atoms with Crippen molar-refractivity contribution in [3.63, 3.8) is 0 Å². The van der Waals surface area contributed by atoms with Gasteiger partial charge in [-0.05, 0) is 0 Å². The minimum atomic E-state index is -3.94. The van der Waals surface area contributed by atoms with Crippen LogP contribution >= 0.6 is 16.5 Å². The maximum absolute atomic E-state index is 11.3. The van der Waals surface area contributed by atoms with E-state index in [0.29, 0.717) is 11.9 Å². The van der Waals surface area contributed by atoms with Gasteiger partial charge in [0.2, 0.25) is 0 Å². The van der Waals surface area contributed by atoms with Crippen molar-refractivity contribution in [2.24, 2.45) is 0 Å². The second-order valence-electron chi connectivity index (χ2n) is 9.61. The molecule has 0 bridgehead atoms. The molecular formula is C24H46O5P2. The van der Waals surface area contributed by atoms with E-state index in [1.54, 1.807) is 0 Å². The summed E-state index contributed by atoms with van der Waals surface area (Å²) in [5.74, 6) is 0. The normalized spacial score (nSPS) is 13.2. The van der Waals surface area contributed by atoms with Crippen LogP contribution in [0.25, 0.3) is 0 Å². The summed E-state index contributed by atoms with van der Waals surface area (Å²) in [5.41, 5.74) is 1.64. The monoisotopic (exact) mass is 476 g/mol. The second-order valence-corrected chi connectivity index (χ2v) is 12.8. The van der Waals surface area contributed by atoms with Crippen LogP contribution in [0.5, 0.6) is 0 Å². The molecular weight excluding hydrogens is 430 g/mol. The van der Waals surface area contributed by atoms with Crippen LogP contribution < -0.4 is 5.30 Å². The van der Waals surface area contributed by atoms with E-state index < -0.39 is 16.5 Å². The summed E-state index contributed by atoms with van der Waals surface area (Å²) in [5, 5.41) is 0.568. The van der Waals surface area contributed by atoms with Crippen LogP contribution in [0.4, 0.5) is 0 Å². The molecule has 7 heteroatoms. The van der Waals surface area contributed by atoms with Crippen LogP contribution in [0.2, 0.25) is 0 Å². The molecule has 0 unspecified atom stereocenters. The first-order valence-electron chi connectivity index (χ1n) is 11.9. The Morgan fingerprint density at radius 2 is 1.39 bits per heavy atom. The predicted molar refractivity (Wildman–Crippen MR) is 135 cm³/mol. The first-order chi connectivity index (χ1) is 14.6. The molecule has 0 fully saturated rings. The van der Waals surface area contributed by atoms with Crippen molar-refractivity contribution in [1.82, 2.24) is 0 Å². The summed E-state index contributed by atoms with van der Waals surface area (Å²) in [6, 6.07) is 5.81. The number of hydrogen-bond donors (Lipinski definition) is 3. The van der Waals surface area contributed by atoms with E-state index in [9.17, 15) is 14.7 Å². The number of aryl methyl sites for hydroxylation is 1. The average molecular weight is 477 g/mol. The van der Waals surface area contributed by atoms with Crippen molar-refractivity contribution in [1.29, 1.82) is 0 Å². The van der Waals surface area contributed by atoms with Crippen molar-refractivity contribution in [3.8, 4) is 0 Å². The first-order valence-corrected chi connectivity index (χ1v) is 14.9. The Morgan fingerprint density at radius 1 is 0.871 bits per heavy atom. The molecule has 0 saturated carbocycles. The van der Waals surface area contributed by atoms with Crippen molar-refractivity contribution in [2.75, 3.05) is 6.61 Å². The quantitative estimate of drug-likeness (QED) is 0.178. The summed E-state index contributed by atoms with van der Waals surface area (Å²) >= 11 is 0. The molecule has 0 amide bonds. The van der Waals surface area contributed by atoms with Crippen LogP contribution in [-0.2, 0) is 14.2 Å². The zero-order chi connectivity index (χ0) is 23.3. The average Bonchev–Trinajstić information content (AvgIpc) is 2.67. The molecule has 0 heterocycles. The Kier molecular flexibility index (Phi) is 13.9. The van der Waals surface area contributed by atoms with Gasteiger partial charge in [0.1, 0.15) is 0 Å². The van der Waals surface area contributed by atoms with Gasteiger partial charge in [-0.2, -0.15) is 0 Å². The van der Waals surface area contributed by atoms with Gasteiger partial charge in [0.25, 0.3) is 0 Å². The van der Waals surface area contributed by atoms with E-state index in [1.807, 2.05) is 25.1 Å². The molecule has 0 atom stereocenters. The Bertz CT molecular complexity index is 618. The molecule has 5 nitrogen and oxygen atoms in total. The molecule has 0 spiro atoms. The zero-order valence-corrected chi connectivity index (χ0v) is 22.2. The fourth-order valence-electron chi connectivity index (χ4n) is 3.81. The molecule has 182 valence electrons. The third-order valence-electron chi connectivity index (χ3n) is 5.57. The molecule has 0 aromatic heterocycles. The number of benzene rings is 1. The van der Waals surface area contributed by atoms with Gasteiger partial charge in [0.15, 0.2) is 0 Å². The molecule has 0 aliphatic heterocycles. The van der Waals surface area contributed by atoms with Gasteiger partial charge >= 0.3 is 179 Å². The Hall–Kier alpha value is -0.120. The maximum atomic E-state index is 11.3. The van der Waals surface area contributed by atoms with Crippen LogP contribution in [0, 0.1) is 6.92 Å². The van der Waals surface area contributed by atoms with E-state index in [0.717, 1.165) is 30.4 Å². The molecule has 3 N–H and O–H groups in total. The Balaban J connectivity index is 2.53. The minimum absolute atomic E-state index is 0.235. The van der Waals surface area contributed by atoms with Crippen LogP contribution in [0.1, 0.15) is 109 Å². The van der Waals surface area contributed by atoms with Gasteiger partial charge in [-0.3, -0.25) is 0 Å². The van der Waals surface area contributed by atoms with E-state index in [4.69, 9.17) is 8.83 Å². The molecule has 0 aliphatic rings. The van der Waals surface area contributed by atoms with Crippen molar-refractivity contribution in [2.45, 2.75) is 111 Å². The molecule has 1 rings (SSSR count). The molecule has 1 aromatic rings. The van der Waals surface area contributed by atoms with Crippen molar-refractivity contribution in [3.05, 3.63) is 29.3 Å². The standard InChI is InChI=1S/C24H46O5P2/c1-6-7-8-9-10-11-12-13-14-15-16-19-28-31(27,29-30(25)26)23-20-21(2)17-18-22(23)24(3,4)5/h17-18,20,25-27,31H,6-16,19H2,1-5H3. The third kappa shape index (κ3) is 11.5. The summed E-state index contributed by atoms with van der Waals surface area (Å²) in [7, 11) is -6.67. The molecule has 0 aliphatic carbocycles. The summed E-state index contributed by atoms with van der Waals surface area (Å²) in [4.78, 5) is 30.3. The van der Waals surface area contributed by atoms with Gasteiger partial charge in [0.05, 0.1) is 0 Å². The second kappa shape index (κ2) is 14.9. The third-order valence-corrected chi connectivity index (χ3v) is 8.91. The van der Waals surface area contributed by atoms with Gasteiger partial charge in [-0.25, -0.2) is 0 Å². The van der Waals surface area contributed by atoms with Crippen molar-refractivity contribution < 1.29 is 23.5 Å². The number of rotatable bonds is 16. The first kappa shape index (κ1) is 28.9. The van der Waals surface area contributed by atoms with E-state index in [1.165, 1.54) is 51.4 Å². The van der Waals surface area contributed by atoms with Crippen LogP contribution in [0.15, 0.2) is 18.2 Å². The van der Waals surface area contributed by atoms with E-state index in [2.05, 4.69) is 27.7 Å². The van der Waals surface area contributed by atoms with Crippen LogP contribution in [-0.4, -0.2) is 21.3 Å². The van der Waals surface area contributed by atoms with Gasteiger partial charge in [0, 0.05) is 0 Å².